The van der Waals surface area contributed by atoms with Crippen LogP contribution in [-0.4, -0.2) is 22.2 Å². The lowest BCUT2D eigenvalue weighted by Gasteiger charge is -2.06. The molecule has 2 aromatic carbocycles. The summed E-state index contributed by atoms with van der Waals surface area (Å²) in [5.74, 6) is 0.966. The molecule has 0 spiro atoms. The number of phenols is 1. The Kier molecular flexibility index (Phi) is 4.21. The van der Waals surface area contributed by atoms with Gasteiger partial charge in [-0.05, 0) is 58.5 Å². The van der Waals surface area contributed by atoms with Crippen molar-refractivity contribution < 1.29 is 9.84 Å². The average Bonchev–Trinajstić information content (AvgIpc) is 2.99. The molecule has 114 valence electrons. The van der Waals surface area contributed by atoms with Crippen molar-refractivity contribution in [2.75, 3.05) is 7.11 Å². The Morgan fingerprint density at radius 3 is 2.87 bits per heavy atom. The molecule has 2 N–H and O–H groups in total. The molecule has 0 aliphatic carbocycles. The summed E-state index contributed by atoms with van der Waals surface area (Å²) in [6.07, 6.45) is 1.71. The van der Waals surface area contributed by atoms with Crippen LogP contribution in [0.1, 0.15) is 11.4 Å². The zero-order chi connectivity index (χ0) is 16.4. The Hall–Kier alpha value is -2.53. The highest BCUT2D eigenvalue weighted by Gasteiger charge is 2.11. The molecule has 0 saturated heterocycles. The van der Waals surface area contributed by atoms with Gasteiger partial charge in [0.2, 0.25) is 0 Å². The number of fused-ring (bicyclic) bond motifs is 1. The number of aromatic nitrogens is 2. The minimum absolute atomic E-state index is 0.0903. The summed E-state index contributed by atoms with van der Waals surface area (Å²) >= 11 is 2.02. The quantitative estimate of drug-likeness (QED) is 0.500. The van der Waals surface area contributed by atoms with Gasteiger partial charge in [-0.15, -0.1) is 0 Å². The smallest absolute Gasteiger partial charge is 0.171 e. The van der Waals surface area contributed by atoms with Gasteiger partial charge in [-0.25, -0.2) is 4.98 Å². The van der Waals surface area contributed by atoms with Gasteiger partial charge >= 0.3 is 0 Å². The van der Waals surface area contributed by atoms with Crippen molar-refractivity contribution in [3.05, 3.63) is 51.4 Å². The number of ether oxygens (including phenoxy) is 1. The predicted molar refractivity (Wildman–Crippen MR) is 97.0 cm³/mol. The summed E-state index contributed by atoms with van der Waals surface area (Å²) in [7, 11) is 1.49. The second-order valence-electron chi connectivity index (χ2n) is 4.83. The van der Waals surface area contributed by atoms with Crippen molar-refractivity contribution in [3.63, 3.8) is 0 Å². The minimum atomic E-state index is 0.0903. The van der Waals surface area contributed by atoms with Crippen LogP contribution in [0.15, 0.2) is 36.4 Å². The summed E-state index contributed by atoms with van der Waals surface area (Å²) in [5.41, 5.74) is 2.84. The molecule has 0 saturated carbocycles. The van der Waals surface area contributed by atoms with E-state index in [1.54, 1.807) is 18.2 Å². The lowest BCUT2D eigenvalue weighted by Crippen LogP contribution is -1.89. The predicted octanol–water partition coefficient (Wildman–Crippen LogP) is 3.95. The Labute approximate surface area is 146 Å². The van der Waals surface area contributed by atoms with E-state index in [2.05, 4.69) is 16.0 Å². The lowest BCUT2D eigenvalue weighted by molar-refractivity contribution is 0.371. The highest BCUT2D eigenvalue weighted by molar-refractivity contribution is 14.1. The third kappa shape index (κ3) is 3.00. The molecule has 3 rings (SSSR count). The third-order valence-electron chi connectivity index (χ3n) is 3.35. The van der Waals surface area contributed by atoms with Gasteiger partial charge in [-0.1, -0.05) is 12.1 Å². The van der Waals surface area contributed by atoms with Crippen LogP contribution in [0.2, 0.25) is 0 Å². The van der Waals surface area contributed by atoms with Gasteiger partial charge < -0.3 is 14.8 Å². The first-order chi connectivity index (χ1) is 11.1. The molecule has 6 heteroatoms. The number of para-hydroxylation sites is 2. The summed E-state index contributed by atoms with van der Waals surface area (Å²) < 4.78 is 5.79. The fourth-order valence-corrected chi connectivity index (χ4v) is 2.86. The standard InChI is InChI=1S/C17H12IN3O2/c1-23-15-8-10(7-12(18)16(15)22)6-11(9-19)17-20-13-4-2-3-5-14(13)21-17/h2-8,22H,1H3,(H,20,21)/b11-6-. The Morgan fingerprint density at radius 2 is 2.17 bits per heavy atom. The second-order valence-corrected chi connectivity index (χ2v) is 5.99. The first-order valence-corrected chi connectivity index (χ1v) is 7.83. The number of methoxy groups -OCH3 is 1. The highest BCUT2D eigenvalue weighted by Crippen LogP contribution is 2.33. The molecule has 0 unspecified atom stereocenters. The molecule has 0 aliphatic heterocycles. The number of nitriles is 1. The van der Waals surface area contributed by atoms with Crippen molar-refractivity contribution >= 4 is 45.3 Å². The van der Waals surface area contributed by atoms with Crippen LogP contribution in [0.25, 0.3) is 22.7 Å². The van der Waals surface area contributed by atoms with Crippen LogP contribution in [-0.2, 0) is 0 Å². The molecule has 0 bridgehead atoms. The summed E-state index contributed by atoms with van der Waals surface area (Å²) in [4.78, 5) is 7.57. The van der Waals surface area contributed by atoms with Gasteiger partial charge in [-0.3, -0.25) is 0 Å². The van der Waals surface area contributed by atoms with Crippen LogP contribution >= 0.6 is 22.6 Å². The Bertz CT molecular complexity index is 921. The number of hydrogen-bond acceptors (Lipinski definition) is 4. The number of aromatic hydroxyl groups is 1. The Morgan fingerprint density at radius 1 is 1.39 bits per heavy atom. The number of phenolic OH excluding ortho intramolecular Hbond substituents is 1. The van der Waals surface area contributed by atoms with E-state index >= 15 is 0 Å². The molecule has 1 heterocycles. The largest absolute Gasteiger partial charge is 0.504 e. The van der Waals surface area contributed by atoms with Gasteiger partial charge in [0.25, 0.3) is 0 Å². The number of imidazole rings is 1. The molecule has 0 fully saturated rings. The highest BCUT2D eigenvalue weighted by atomic mass is 127. The number of rotatable bonds is 3. The van der Waals surface area contributed by atoms with E-state index in [0.29, 0.717) is 20.7 Å². The average molecular weight is 417 g/mol. The van der Waals surface area contributed by atoms with Crippen molar-refractivity contribution in [1.29, 1.82) is 5.26 Å². The number of nitrogens with zero attached hydrogens (tertiary/aromatic N) is 2. The zero-order valence-electron chi connectivity index (χ0n) is 12.2. The lowest BCUT2D eigenvalue weighted by atomic mass is 10.1. The molecule has 1 aromatic heterocycles. The van der Waals surface area contributed by atoms with Crippen LogP contribution in [0.4, 0.5) is 0 Å². The van der Waals surface area contributed by atoms with Crippen LogP contribution in [0.3, 0.4) is 0 Å². The normalized spacial score (nSPS) is 11.4. The van der Waals surface area contributed by atoms with Gasteiger partial charge in [-0.2, -0.15) is 5.26 Å². The molecule has 5 nitrogen and oxygen atoms in total. The van der Waals surface area contributed by atoms with Crippen LogP contribution in [0.5, 0.6) is 11.5 Å². The van der Waals surface area contributed by atoms with E-state index in [1.807, 2.05) is 46.9 Å². The first-order valence-electron chi connectivity index (χ1n) is 6.76. The van der Waals surface area contributed by atoms with Gasteiger partial charge in [0, 0.05) is 0 Å². The fraction of sp³-hybridized carbons (Fsp3) is 0.0588. The van der Waals surface area contributed by atoms with E-state index in [0.717, 1.165) is 16.6 Å². The van der Waals surface area contributed by atoms with E-state index in [-0.39, 0.29) is 5.75 Å². The SMILES string of the molecule is COc1cc(/C=C(/C#N)c2nc3ccccc3[nH]2)cc(I)c1O. The number of benzene rings is 2. The Balaban J connectivity index is 2.09. The summed E-state index contributed by atoms with van der Waals surface area (Å²) in [5, 5.41) is 19.3. The molecular formula is C17H12IN3O2. The number of nitrogens with one attached hydrogen (secondary N) is 1. The van der Waals surface area contributed by atoms with Crippen LogP contribution < -0.4 is 4.74 Å². The van der Waals surface area contributed by atoms with Crippen LogP contribution in [0, 0.1) is 14.9 Å². The van der Waals surface area contributed by atoms with E-state index in [1.165, 1.54) is 7.11 Å². The third-order valence-corrected chi connectivity index (χ3v) is 4.17. The topological polar surface area (TPSA) is 81.9 Å². The van der Waals surface area contributed by atoms with Crippen molar-refractivity contribution in [2.24, 2.45) is 0 Å². The fourth-order valence-electron chi connectivity index (χ4n) is 2.23. The van der Waals surface area contributed by atoms with E-state index in [9.17, 15) is 10.4 Å². The number of aromatic amines is 1. The molecule has 0 amide bonds. The number of allylic oxidation sites excluding steroid dienone is 1. The second kappa shape index (κ2) is 6.30. The molecule has 23 heavy (non-hydrogen) atoms. The number of H-pyrrole nitrogens is 1. The molecular weight excluding hydrogens is 405 g/mol. The van der Waals surface area contributed by atoms with Gasteiger partial charge in [0.15, 0.2) is 11.5 Å². The molecule has 3 aromatic rings. The number of hydrogen-bond donors (Lipinski definition) is 2. The molecule has 0 aliphatic rings. The zero-order valence-corrected chi connectivity index (χ0v) is 14.3. The summed E-state index contributed by atoms with van der Waals surface area (Å²) in [6, 6.07) is 13.2. The maximum atomic E-state index is 9.89. The maximum Gasteiger partial charge on any atom is 0.171 e. The van der Waals surface area contributed by atoms with Crippen molar-refractivity contribution in [1.82, 2.24) is 9.97 Å². The first kappa shape index (κ1) is 15.4. The van der Waals surface area contributed by atoms with Crippen molar-refractivity contribution in [2.45, 2.75) is 0 Å². The van der Waals surface area contributed by atoms with Gasteiger partial charge in [0.1, 0.15) is 11.9 Å². The van der Waals surface area contributed by atoms with Crippen molar-refractivity contribution in [3.8, 4) is 17.6 Å². The molecule has 0 radical (unpaired) electrons. The number of halogens is 1. The summed E-state index contributed by atoms with van der Waals surface area (Å²) in [6.45, 7) is 0. The maximum absolute atomic E-state index is 9.89. The van der Waals surface area contributed by atoms with E-state index in [4.69, 9.17) is 4.74 Å². The molecule has 0 atom stereocenters. The van der Waals surface area contributed by atoms with Gasteiger partial charge in [0.05, 0.1) is 27.3 Å². The monoisotopic (exact) mass is 417 g/mol. The minimum Gasteiger partial charge on any atom is -0.504 e. The van der Waals surface area contributed by atoms with E-state index < -0.39 is 0 Å².